The summed E-state index contributed by atoms with van der Waals surface area (Å²) in [5.74, 6) is 0.587. The molecule has 1 aromatic heterocycles. The number of nitrogens with one attached hydrogen (secondary N) is 2. The lowest BCUT2D eigenvalue weighted by Crippen LogP contribution is -2.17. The summed E-state index contributed by atoms with van der Waals surface area (Å²) in [6.45, 7) is 2.50. The van der Waals surface area contributed by atoms with Crippen molar-refractivity contribution < 1.29 is 17.9 Å². The maximum absolute atomic E-state index is 12.5. The molecule has 146 valence electrons. The summed E-state index contributed by atoms with van der Waals surface area (Å²) in [5.41, 5.74) is 1.81. The largest absolute Gasteiger partial charge is 0.573 e. The van der Waals surface area contributed by atoms with Crippen molar-refractivity contribution in [1.29, 1.82) is 0 Å². The molecule has 0 saturated carbocycles. The Morgan fingerprint density at radius 3 is 2.54 bits per heavy atom. The van der Waals surface area contributed by atoms with Crippen molar-refractivity contribution in [3.05, 3.63) is 58.2 Å². The standard InChI is InChI=1S/C19H16F3IN4O/c1-2-24-18-26-16(12-6-5-7-13(10-12)28-19(20,21)22)11-17(27-18)25-15-9-4-3-8-14(15)23/h3-11H,2H2,1H3,(H2,24,25,26,27). The van der Waals surface area contributed by atoms with Crippen molar-refractivity contribution in [2.24, 2.45) is 0 Å². The molecular weight excluding hydrogens is 484 g/mol. The maximum Gasteiger partial charge on any atom is 0.573 e. The van der Waals surface area contributed by atoms with Gasteiger partial charge in [-0.2, -0.15) is 4.98 Å². The van der Waals surface area contributed by atoms with E-state index < -0.39 is 6.36 Å². The van der Waals surface area contributed by atoms with Crippen LogP contribution in [0.4, 0.5) is 30.6 Å². The number of halogens is 4. The van der Waals surface area contributed by atoms with Crippen LogP contribution in [-0.2, 0) is 0 Å². The molecule has 0 spiro atoms. The average Bonchev–Trinajstić information content (AvgIpc) is 2.63. The van der Waals surface area contributed by atoms with Gasteiger partial charge < -0.3 is 15.4 Å². The Morgan fingerprint density at radius 2 is 1.82 bits per heavy atom. The van der Waals surface area contributed by atoms with E-state index >= 15 is 0 Å². The van der Waals surface area contributed by atoms with Crippen molar-refractivity contribution in [2.75, 3.05) is 17.2 Å². The van der Waals surface area contributed by atoms with Crippen molar-refractivity contribution in [3.8, 4) is 17.0 Å². The number of aromatic nitrogens is 2. The highest BCUT2D eigenvalue weighted by molar-refractivity contribution is 14.1. The van der Waals surface area contributed by atoms with Gasteiger partial charge in [0.15, 0.2) is 0 Å². The second-order valence-corrected chi connectivity index (χ2v) is 6.84. The third kappa shape index (κ3) is 5.47. The topological polar surface area (TPSA) is 59.1 Å². The normalized spacial score (nSPS) is 11.2. The molecule has 2 N–H and O–H groups in total. The smallest absolute Gasteiger partial charge is 0.406 e. The summed E-state index contributed by atoms with van der Waals surface area (Å²) in [5, 5.41) is 6.26. The minimum Gasteiger partial charge on any atom is -0.406 e. The van der Waals surface area contributed by atoms with Crippen molar-refractivity contribution in [2.45, 2.75) is 13.3 Å². The number of benzene rings is 2. The monoisotopic (exact) mass is 500 g/mol. The second-order valence-electron chi connectivity index (χ2n) is 5.67. The number of hydrogen-bond donors (Lipinski definition) is 2. The fourth-order valence-corrected chi connectivity index (χ4v) is 2.97. The number of anilines is 3. The Labute approximate surface area is 173 Å². The van der Waals surface area contributed by atoms with Gasteiger partial charge in [0, 0.05) is 21.7 Å². The third-order valence-corrected chi connectivity index (χ3v) is 4.50. The summed E-state index contributed by atoms with van der Waals surface area (Å²) in [7, 11) is 0. The van der Waals surface area contributed by atoms with Crippen LogP contribution in [0.5, 0.6) is 5.75 Å². The lowest BCUT2D eigenvalue weighted by atomic mass is 10.1. The van der Waals surface area contributed by atoms with E-state index in [1.165, 1.54) is 18.2 Å². The summed E-state index contributed by atoms with van der Waals surface area (Å²) in [4.78, 5) is 8.81. The molecule has 0 aliphatic carbocycles. The van der Waals surface area contributed by atoms with E-state index in [-0.39, 0.29) is 5.75 Å². The minimum atomic E-state index is -4.75. The van der Waals surface area contributed by atoms with Crippen molar-refractivity contribution in [3.63, 3.8) is 0 Å². The van der Waals surface area contributed by atoms with E-state index in [0.717, 1.165) is 9.26 Å². The average molecular weight is 500 g/mol. The van der Waals surface area contributed by atoms with Crippen LogP contribution in [0, 0.1) is 3.57 Å². The quantitative estimate of drug-likeness (QED) is 0.418. The molecule has 0 bridgehead atoms. The Hall–Kier alpha value is -2.56. The van der Waals surface area contributed by atoms with Gasteiger partial charge in [0.2, 0.25) is 5.95 Å². The van der Waals surface area contributed by atoms with Gasteiger partial charge in [-0.15, -0.1) is 13.2 Å². The molecular formula is C19H16F3IN4O. The molecule has 0 radical (unpaired) electrons. The highest BCUT2D eigenvalue weighted by Gasteiger charge is 2.31. The SMILES string of the molecule is CCNc1nc(Nc2ccccc2I)cc(-c2cccc(OC(F)(F)F)c2)n1. The molecule has 0 aliphatic rings. The van der Waals surface area contributed by atoms with E-state index in [1.807, 2.05) is 31.2 Å². The molecule has 3 aromatic rings. The fourth-order valence-electron chi connectivity index (χ4n) is 2.45. The van der Waals surface area contributed by atoms with E-state index in [1.54, 1.807) is 12.1 Å². The second kappa shape index (κ2) is 8.63. The Morgan fingerprint density at radius 1 is 1.04 bits per heavy atom. The zero-order valence-corrected chi connectivity index (χ0v) is 16.9. The molecule has 28 heavy (non-hydrogen) atoms. The molecule has 9 heteroatoms. The predicted octanol–water partition coefficient (Wildman–Crippen LogP) is 5.82. The van der Waals surface area contributed by atoms with Gasteiger partial charge in [0.05, 0.1) is 11.4 Å². The zero-order chi connectivity index (χ0) is 20.1. The van der Waals surface area contributed by atoms with E-state index in [0.29, 0.717) is 29.6 Å². The maximum atomic E-state index is 12.5. The Bertz CT molecular complexity index is 966. The van der Waals surface area contributed by atoms with Crippen LogP contribution in [0.1, 0.15) is 6.92 Å². The molecule has 0 unspecified atom stereocenters. The van der Waals surface area contributed by atoms with Crippen molar-refractivity contribution >= 4 is 40.0 Å². The van der Waals surface area contributed by atoms with Crippen LogP contribution in [-0.4, -0.2) is 22.9 Å². The molecule has 0 aliphatic heterocycles. The zero-order valence-electron chi connectivity index (χ0n) is 14.7. The number of alkyl halides is 3. The van der Waals surface area contributed by atoms with E-state index in [9.17, 15) is 13.2 Å². The first kappa shape index (κ1) is 20.2. The Kier molecular flexibility index (Phi) is 6.22. The first-order valence-corrected chi connectivity index (χ1v) is 9.42. The van der Waals surface area contributed by atoms with Gasteiger partial charge in [-0.3, -0.25) is 0 Å². The van der Waals surface area contributed by atoms with Gasteiger partial charge in [-0.1, -0.05) is 24.3 Å². The summed E-state index contributed by atoms with van der Waals surface area (Å²) in [6, 6.07) is 15.1. The minimum absolute atomic E-state index is 0.305. The van der Waals surface area contributed by atoms with Gasteiger partial charge in [-0.25, -0.2) is 4.98 Å². The summed E-state index contributed by atoms with van der Waals surface area (Å²) < 4.78 is 42.6. The van der Waals surface area contributed by atoms with Gasteiger partial charge in [-0.05, 0) is 53.8 Å². The van der Waals surface area contributed by atoms with Crippen LogP contribution in [0.3, 0.4) is 0 Å². The lowest BCUT2D eigenvalue weighted by Gasteiger charge is -2.13. The summed E-state index contributed by atoms with van der Waals surface area (Å²) >= 11 is 2.20. The number of rotatable bonds is 6. The first-order chi connectivity index (χ1) is 13.3. The first-order valence-electron chi connectivity index (χ1n) is 8.35. The molecule has 1 heterocycles. The molecule has 2 aromatic carbocycles. The van der Waals surface area contributed by atoms with Crippen molar-refractivity contribution in [1.82, 2.24) is 9.97 Å². The third-order valence-electron chi connectivity index (χ3n) is 3.56. The number of nitrogens with zero attached hydrogens (tertiary/aromatic N) is 2. The highest BCUT2D eigenvalue weighted by atomic mass is 127. The fraction of sp³-hybridized carbons (Fsp3) is 0.158. The van der Waals surface area contributed by atoms with Crippen LogP contribution in [0.25, 0.3) is 11.3 Å². The van der Waals surface area contributed by atoms with Crippen LogP contribution >= 0.6 is 22.6 Å². The molecule has 5 nitrogen and oxygen atoms in total. The van der Waals surface area contributed by atoms with Crippen LogP contribution in [0.2, 0.25) is 0 Å². The summed E-state index contributed by atoms with van der Waals surface area (Å²) in [6.07, 6.45) is -4.75. The molecule has 3 rings (SSSR count). The highest BCUT2D eigenvalue weighted by Crippen LogP contribution is 2.29. The van der Waals surface area contributed by atoms with E-state index in [4.69, 9.17) is 0 Å². The molecule has 0 fully saturated rings. The van der Waals surface area contributed by atoms with Gasteiger partial charge >= 0.3 is 6.36 Å². The van der Waals surface area contributed by atoms with Gasteiger partial charge in [0.25, 0.3) is 0 Å². The number of hydrogen-bond acceptors (Lipinski definition) is 5. The van der Waals surface area contributed by atoms with Crippen LogP contribution in [0.15, 0.2) is 54.6 Å². The molecule has 0 atom stereocenters. The molecule has 0 amide bonds. The number of ether oxygens (including phenoxy) is 1. The molecule has 0 saturated heterocycles. The predicted molar refractivity (Wildman–Crippen MR) is 111 cm³/mol. The van der Waals surface area contributed by atoms with E-state index in [2.05, 4.69) is 47.9 Å². The Balaban J connectivity index is 1.98. The lowest BCUT2D eigenvalue weighted by molar-refractivity contribution is -0.274. The van der Waals surface area contributed by atoms with Gasteiger partial charge in [0.1, 0.15) is 11.6 Å². The number of para-hydroxylation sites is 1. The van der Waals surface area contributed by atoms with Crippen LogP contribution < -0.4 is 15.4 Å².